The summed E-state index contributed by atoms with van der Waals surface area (Å²) in [6.07, 6.45) is 2.58. The van der Waals surface area contributed by atoms with E-state index < -0.39 is 0 Å². The van der Waals surface area contributed by atoms with Crippen molar-refractivity contribution in [2.75, 3.05) is 6.61 Å². The zero-order chi connectivity index (χ0) is 5.83. The zero-order valence-corrected chi connectivity index (χ0v) is 5.53. The second-order valence-corrected chi connectivity index (χ2v) is 3.90. The monoisotopic (exact) mass is 112 g/mol. The molecule has 0 aromatic heterocycles. The smallest absolute Gasteiger partial charge is 0.0667 e. The molecule has 3 aliphatic rings. The van der Waals surface area contributed by atoms with Gasteiger partial charge >= 0.3 is 0 Å². The Morgan fingerprint density at radius 1 is 1.25 bits per heavy atom. The van der Waals surface area contributed by atoms with Crippen LogP contribution < -0.4 is 0 Å². The van der Waals surface area contributed by atoms with Gasteiger partial charge in [0.05, 0.1) is 12.2 Å². The molecule has 1 saturated carbocycles. The van der Waals surface area contributed by atoms with Crippen LogP contribution in [0.2, 0.25) is 0 Å². The molecule has 2 aliphatic heterocycles. The number of ether oxygens (including phenoxy) is 1. The van der Waals surface area contributed by atoms with Crippen LogP contribution in [0.25, 0.3) is 0 Å². The highest BCUT2D eigenvalue weighted by Crippen LogP contribution is 2.56. The van der Waals surface area contributed by atoms with Crippen molar-refractivity contribution >= 4 is 0 Å². The van der Waals surface area contributed by atoms with Crippen LogP contribution in [-0.4, -0.2) is 12.2 Å². The van der Waals surface area contributed by atoms with Crippen molar-refractivity contribution in [3.63, 3.8) is 0 Å². The fourth-order valence-electron chi connectivity index (χ4n) is 2.31. The number of hydrogen-bond acceptors (Lipinski definition) is 1. The molecule has 0 atom stereocenters. The minimum absolute atomic E-state index is 0.300. The summed E-state index contributed by atoms with van der Waals surface area (Å²) in [6, 6.07) is 0. The summed E-state index contributed by atoms with van der Waals surface area (Å²) in [5, 5.41) is 0. The topological polar surface area (TPSA) is 9.23 Å². The third-order valence-electron chi connectivity index (χ3n) is 2.37. The molecule has 1 heteroatoms. The Labute approximate surface area is 50.0 Å². The van der Waals surface area contributed by atoms with Crippen LogP contribution in [0, 0.1) is 5.41 Å². The van der Waals surface area contributed by atoms with Crippen LogP contribution in [-0.2, 0) is 4.74 Å². The Morgan fingerprint density at radius 2 is 1.88 bits per heavy atom. The summed E-state index contributed by atoms with van der Waals surface area (Å²) in [6.45, 7) is 5.52. The van der Waals surface area contributed by atoms with E-state index in [1.165, 1.54) is 12.8 Å². The molecule has 0 unspecified atom stereocenters. The fourth-order valence-corrected chi connectivity index (χ4v) is 2.31. The molecular weight excluding hydrogens is 100 g/mol. The molecule has 1 nitrogen and oxygen atoms in total. The van der Waals surface area contributed by atoms with Gasteiger partial charge < -0.3 is 4.74 Å². The molecule has 8 heavy (non-hydrogen) atoms. The molecule has 3 rings (SSSR count). The average molecular weight is 112 g/mol. The summed E-state index contributed by atoms with van der Waals surface area (Å²) in [5.41, 5.74) is 0.878. The third kappa shape index (κ3) is 0.408. The quantitative estimate of drug-likeness (QED) is 0.462. The van der Waals surface area contributed by atoms with E-state index in [0.717, 1.165) is 6.61 Å². The van der Waals surface area contributed by atoms with Gasteiger partial charge in [-0.15, -0.1) is 0 Å². The highest BCUT2D eigenvalue weighted by Gasteiger charge is 2.56. The molecule has 0 spiro atoms. The van der Waals surface area contributed by atoms with Crippen molar-refractivity contribution in [2.24, 2.45) is 5.41 Å². The Balaban J connectivity index is 2.22. The molecule has 2 heterocycles. The maximum absolute atomic E-state index is 5.52. The highest BCUT2D eigenvalue weighted by atomic mass is 16.5. The first-order chi connectivity index (χ1) is 3.62. The van der Waals surface area contributed by atoms with Gasteiger partial charge in [-0.2, -0.15) is 0 Å². The lowest BCUT2D eigenvalue weighted by Crippen LogP contribution is -2.39. The number of fused-ring (bicyclic) bond motifs is 1. The van der Waals surface area contributed by atoms with E-state index >= 15 is 0 Å². The van der Waals surface area contributed by atoms with E-state index in [9.17, 15) is 0 Å². The Hall–Kier alpha value is -0.0400. The Bertz CT molecular complexity index is 108. The van der Waals surface area contributed by atoms with Crippen LogP contribution in [0.15, 0.2) is 0 Å². The molecule has 2 saturated heterocycles. The first-order valence-electron chi connectivity index (χ1n) is 3.26. The standard InChI is InChI=1S/C7H12O/c1-6-3-7(2,4-6)8-5-6/h3-5H2,1-2H3. The van der Waals surface area contributed by atoms with Gasteiger partial charge in [0.1, 0.15) is 0 Å². The van der Waals surface area contributed by atoms with Crippen molar-refractivity contribution in [1.82, 2.24) is 0 Å². The lowest BCUT2D eigenvalue weighted by atomic mass is 9.65. The SMILES string of the molecule is CC12COC(C)(C1)C2. The highest BCUT2D eigenvalue weighted by molar-refractivity contribution is 5.06. The summed E-state index contributed by atoms with van der Waals surface area (Å²) in [4.78, 5) is 0. The molecule has 0 aromatic carbocycles. The summed E-state index contributed by atoms with van der Waals surface area (Å²) < 4.78 is 5.52. The number of rotatable bonds is 0. The minimum atomic E-state index is 0.300. The van der Waals surface area contributed by atoms with E-state index in [-0.39, 0.29) is 0 Å². The molecular formula is C7H12O. The second kappa shape index (κ2) is 0.971. The van der Waals surface area contributed by atoms with Crippen molar-refractivity contribution in [3.05, 3.63) is 0 Å². The van der Waals surface area contributed by atoms with Gasteiger partial charge in [-0.05, 0) is 25.2 Å². The third-order valence-corrected chi connectivity index (χ3v) is 2.37. The van der Waals surface area contributed by atoms with Gasteiger partial charge in [-0.3, -0.25) is 0 Å². The predicted octanol–water partition coefficient (Wildman–Crippen LogP) is 1.58. The fraction of sp³-hybridized carbons (Fsp3) is 1.00. The van der Waals surface area contributed by atoms with Crippen LogP contribution in [0.1, 0.15) is 26.7 Å². The average Bonchev–Trinajstić information content (AvgIpc) is 1.88. The van der Waals surface area contributed by atoms with Crippen molar-refractivity contribution < 1.29 is 4.74 Å². The zero-order valence-electron chi connectivity index (χ0n) is 5.53. The molecule has 0 radical (unpaired) electrons. The minimum Gasteiger partial charge on any atom is -0.375 e. The van der Waals surface area contributed by atoms with E-state index in [1.54, 1.807) is 0 Å². The molecule has 3 fully saturated rings. The van der Waals surface area contributed by atoms with E-state index in [1.807, 2.05) is 0 Å². The lowest BCUT2D eigenvalue weighted by molar-refractivity contribution is 0.00711. The van der Waals surface area contributed by atoms with Crippen molar-refractivity contribution in [1.29, 1.82) is 0 Å². The van der Waals surface area contributed by atoms with Gasteiger partial charge in [-0.1, -0.05) is 6.92 Å². The predicted molar refractivity (Wildman–Crippen MR) is 31.7 cm³/mol. The first kappa shape index (κ1) is 4.80. The van der Waals surface area contributed by atoms with Crippen LogP contribution in [0.3, 0.4) is 0 Å². The molecule has 0 N–H and O–H groups in total. The van der Waals surface area contributed by atoms with Gasteiger partial charge in [0.2, 0.25) is 0 Å². The number of hydrogen-bond donors (Lipinski definition) is 0. The van der Waals surface area contributed by atoms with Gasteiger partial charge in [-0.25, -0.2) is 0 Å². The van der Waals surface area contributed by atoms with Crippen LogP contribution >= 0.6 is 0 Å². The summed E-state index contributed by atoms with van der Waals surface area (Å²) in [7, 11) is 0. The van der Waals surface area contributed by atoms with Gasteiger partial charge in [0.15, 0.2) is 0 Å². The Kier molecular flexibility index (Phi) is 0.583. The van der Waals surface area contributed by atoms with Gasteiger partial charge in [0, 0.05) is 0 Å². The first-order valence-corrected chi connectivity index (χ1v) is 3.26. The normalized spacial score (nSPS) is 60.8. The molecule has 46 valence electrons. The van der Waals surface area contributed by atoms with Crippen molar-refractivity contribution in [3.8, 4) is 0 Å². The lowest BCUT2D eigenvalue weighted by Gasteiger charge is -2.39. The Morgan fingerprint density at radius 3 is 2.00 bits per heavy atom. The molecule has 1 aliphatic carbocycles. The summed E-state index contributed by atoms with van der Waals surface area (Å²) >= 11 is 0. The van der Waals surface area contributed by atoms with E-state index in [2.05, 4.69) is 13.8 Å². The van der Waals surface area contributed by atoms with E-state index in [4.69, 9.17) is 4.74 Å². The van der Waals surface area contributed by atoms with E-state index in [0.29, 0.717) is 11.0 Å². The van der Waals surface area contributed by atoms with Gasteiger partial charge in [0.25, 0.3) is 0 Å². The molecule has 0 aromatic rings. The van der Waals surface area contributed by atoms with Crippen LogP contribution in [0.4, 0.5) is 0 Å². The van der Waals surface area contributed by atoms with Crippen molar-refractivity contribution in [2.45, 2.75) is 32.3 Å². The second-order valence-electron chi connectivity index (χ2n) is 3.90. The molecule has 0 amide bonds. The van der Waals surface area contributed by atoms with Crippen LogP contribution in [0.5, 0.6) is 0 Å². The maximum Gasteiger partial charge on any atom is 0.0667 e. The summed E-state index contributed by atoms with van der Waals surface area (Å²) in [5.74, 6) is 0. The molecule has 2 bridgehead atoms. The maximum atomic E-state index is 5.52. The largest absolute Gasteiger partial charge is 0.375 e.